The molecule has 1 heterocycles. The van der Waals surface area contributed by atoms with Crippen molar-refractivity contribution in [3.05, 3.63) is 70.9 Å². The van der Waals surface area contributed by atoms with E-state index in [1.165, 1.54) is 6.07 Å². The SMILES string of the molecule is NC(=O)NC(=O)COC(=O)[C@@H](Cc1c[nH]c2ccccc12)NC(=O)c1ccccc1Cl. The molecule has 0 radical (unpaired) electrons. The summed E-state index contributed by atoms with van der Waals surface area (Å²) in [5.41, 5.74) is 6.68. The Labute approximate surface area is 181 Å². The molecule has 0 saturated carbocycles. The van der Waals surface area contributed by atoms with Gasteiger partial charge >= 0.3 is 12.0 Å². The molecule has 0 fully saturated rings. The molecule has 0 spiro atoms. The fraction of sp³-hybridized carbons (Fsp3) is 0.143. The van der Waals surface area contributed by atoms with Gasteiger partial charge < -0.3 is 20.8 Å². The number of carbonyl (C=O) groups is 4. The summed E-state index contributed by atoms with van der Waals surface area (Å²) in [6, 6.07) is 11.7. The molecule has 0 aliphatic rings. The van der Waals surface area contributed by atoms with Gasteiger partial charge in [0.15, 0.2) is 6.61 Å². The second-order valence-electron chi connectivity index (χ2n) is 6.59. The number of aromatic nitrogens is 1. The van der Waals surface area contributed by atoms with Gasteiger partial charge in [-0.1, -0.05) is 41.9 Å². The number of imide groups is 1. The summed E-state index contributed by atoms with van der Waals surface area (Å²) in [6.45, 7) is -0.728. The summed E-state index contributed by atoms with van der Waals surface area (Å²) in [5.74, 6) is -2.32. The zero-order valence-corrected chi connectivity index (χ0v) is 16.9. The number of H-pyrrole nitrogens is 1. The van der Waals surface area contributed by atoms with Crippen molar-refractivity contribution in [3.8, 4) is 0 Å². The molecular formula is C21H19ClN4O5. The summed E-state index contributed by atoms with van der Waals surface area (Å²) in [7, 11) is 0. The number of ether oxygens (including phenoxy) is 1. The molecule has 31 heavy (non-hydrogen) atoms. The molecule has 9 nitrogen and oxygen atoms in total. The maximum atomic E-state index is 12.7. The summed E-state index contributed by atoms with van der Waals surface area (Å²) >= 11 is 6.08. The van der Waals surface area contributed by atoms with E-state index in [9.17, 15) is 19.2 Å². The number of halogens is 1. The van der Waals surface area contributed by atoms with Crippen molar-refractivity contribution < 1.29 is 23.9 Å². The Hall–Kier alpha value is -3.85. The molecule has 3 rings (SSSR count). The molecule has 0 unspecified atom stereocenters. The fourth-order valence-electron chi connectivity index (χ4n) is 3.01. The Morgan fingerprint density at radius 1 is 1.06 bits per heavy atom. The first kappa shape index (κ1) is 21.8. The van der Waals surface area contributed by atoms with E-state index < -0.39 is 36.5 Å². The number of urea groups is 1. The van der Waals surface area contributed by atoms with Crippen molar-refractivity contribution in [2.24, 2.45) is 5.73 Å². The molecule has 0 aliphatic heterocycles. The van der Waals surface area contributed by atoms with E-state index in [0.29, 0.717) is 0 Å². The van der Waals surface area contributed by atoms with Crippen LogP contribution in [0.1, 0.15) is 15.9 Å². The summed E-state index contributed by atoms with van der Waals surface area (Å²) in [6.07, 6.45) is 1.82. The van der Waals surface area contributed by atoms with E-state index in [-0.39, 0.29) is 17.0 Å². The van der Waals surface area contributed by atoms with Crippen LogP contribution in [-0.4, -0.2) is 41.4 Å². The Morgan fingerprint density at radius 2 is 1.77 bits per heavy atom. The Bertz CT molecular complexity index is 1140. The quantitative estimate of drug-likeness (QED) is 0.413. The van der Waals surface area contributed by atoms with Gasteiger partial charge in [0.25, 0.3) is 11.8 Å². The third kappa shape index (κ3) is 5.61. The first-order valence-corrected chi connectivity index (χ1v) is 9.59. The Balaban J connectivity index is 1.80. The van der Waals surface area contributed by atoms with Gasteiger partial charge in [0.2, 0.25) is 0 Å². The zero-order chi connectivity index (χ0) is 22.4. The molecule has 1 aromatic heterocycles. The van der Waals surface area contributed by atoms with Crippen LogP contribution in [-0.2, 0) is 20.7 Å². The lowest BCUT2D eigenvalue weighted by atomic mass is 10.0. The average Bonchev–Trinajstić information content (AvgIpc) is 3.14. The van der Waals surface area contributed by atoms with Gasteiger partial charge in [-0.2, -0.15) is 0 Å². The molecule has 4 amide bonds. The van der Waals surface area contributed by atoms with Gasteiger partial charge in [-0.3, -0.25) is 14.9 Å². The number of primary amides is 1. The van der Waals surface area contributed by atoms with Gasteiger partial charge in [0, 0.05) is 23.5 Å². The zero-order valence-electron chi connectivity index (χ0n) is 16.2. The number of nitrogens with one attached hydrogen (secondary N) is 3. The van der Waals surface area contributed by atoms with Gasteiger partial charge in [-0.15, -0.1) is 0 Å². The van der Waals surface area contributed by atoms with E-state index in [4.69, 9.17) is 22.1 Å². The number of fused-ring (bicyclic) bond motifs is 1. The maximum absolute atomic E-state index is 12.7. The average molecular weight is 443 g/mol. The monoisotopic (exact) mass is 442 g/mol. The fourth-order valence-corrected chi connectivity index (χ4v) is 3.23. The number of rotatable bonds is 7. The minimum atomic E-state index is -1.12. The smallest absolute Gasteiger partial charge is 0.329 e. The molecule has 0 bridgehead atoms. The predicted molar refractivity (Wildman–Crippen MR) is 113 cm³/mol. The summed E-state index contributed by atoms with van der Waals surface area (Å²) in [4.78, 5) is 50.8. The van der Waals surface area contributed by atoms with Crippen molar-refractivity contribution in [2.75, 3.05) is 6.61 Å². The highest BCUT2D eigenvalue weighted by Crippen LogP contribution is 2.20. The highest BCUT2D eigenvalue weighted by atomic mass is 35.5. The van der Waals surface area contributed by atoms with Gasteiger partial charge in [-0.05, 0) is 23.8 Å². The Morgan fingerprint density at radius 3 is 2.52 bits per heavy atom. The van der Waals surface area contributed by atoms with Crippen LogP contribution in [0.5, 0.6) is 0 Å². The van der Waals surface area contributed by atoms with E-state index >= 15 is 0 Å². The van der Waals surface area contributed by atoms with Gasteiger partial charge in [0.05, 0.1) is 10.6 Å². The number of hydrogen-bond acceptors (Lipinski definition) is 5. The van der Waals surface area contributed by atoms with E-state index in [1.54, 1.807) is 29.7 Å². The highest BCUT2D eigenvalue weighted by Gasteiger charge is 2.26. The number of para-hydroxylation sites is 1. The molecule has 0 aliphatic carbocycles. The normalized spacial score (nSPS) is 11.5. The van der Waals surface area contributed by atoms with Gasteiger partial charge in [-0.25, -0.2) is 9.59 Å². The maximum Gasteiger partial charge on any atom is 0.329 e. The standard InChI is InChI=1S/C21H19ClN4O5/c22-15-7-3-1-6-14(15)19(28)25-17(20(29)31-11-18(27)26-21(23)30)9-12-10-24-16-8-4-2-5-13(12)16/h1-8,10,17,24H,9,11H2,(H,25,28)(H3,23,26,27,30)/t17-/m1/s1. The van der Waals surface area contributed by atoms with Crippen LogP contribution in [0, 0.1) is 0 Å². The van der Waals surface area contributed by atoms with Crippen molar-refractivity contribution in [2.45, 2.75) is 12.5 Å². The molecule has 3 aromatic rings. The molecule has 1 atom stereocenters. The molecule has 10 heteroatoms. The van der Waals surface area contributed by atoms with E-state index in [1.807, 2.05) is 24.3 Å². The second-order valence-corrected chi connectivity index (χ2v) is 7.00. The van der Waals surface area contributed by atoms with Crippen molar-refractivity contribution >= 4 is 46.3 Å². The number of carbonyl (C=O) groups excluding carboxylic acids is 4. The van der Waals surface area contributed by atoms with Crippen LogP contribution in [0.15, 0.2) is 54.7 Å². The van der Waals surface area contributed by atoms with Crippen molar-refractivity contribution in [1.29, 1.82) is 0 Å². The largest absolute Gasteiger partial charge is 0.454 e. The number of benzene rings is 2. The third-order valence-corrected chi connectivity index (χ3v) is 4.75. The molecule has 5 N–H and O–H groups in total. The van der Waals surface area contributed by atoms with Crippen molar-refractivity contribution in [3.63, 3.8) is 0 Å². The number of esters is 1. The first-order chi connectivity index (χ1) is 14.8. The third-order valence-electron chi connectivity index (χ3n) is 4.42. The molecule has 2 aromatic carbocycles. The molecular weight excluding hydrogens is 424 g/mol. The highest BCUT2D eigenvalue weighted by molar-refractivity contribution is 6.33. The van der Waals surface area contributed by atoms with Crippen LogP contribution < -0.4 is 16.4 Å². The minimum Gasteiger partial charge on any atom is -0.454 e. The second kappa shape index (κ2) is 9.77. The lowest BCUT2D eigenvalue weighted by Gasteiger charge is -2.18. The van der Waals surface area contributed by atoms with E-state index in [0.717, 1.165) is 16.5 Å². The van der Waals surface area contributed by atoms with Crippen LogP contribution in [0.2, 0.25) is 5.02 Å². The van der Waals surface area contributed by atoms with Crippen molar-refractivity contribution in [1.82, 2.24) is 15.6 Å². The molecule has 160 valence electrons. The lowest BCUT2D eigenvalue weighted by molar-refractivity contribution is -0.150. The molecule has 0 saturated heterocycles. The summed E-state index contributed by atoms with van der Waals surface area (Å²) in [5, 5.41) is 5.50. The number of amides is 4. The lowest BCUT2D eigenvalue weighted by Crippen LogP contribution is -2.45. The minimum absolute atomic E-state index is 0.0937. The number of hydrogen-bond donors (Lipinski definition) is 4. The van der Waals surface area contributed by atoms with E-state index in [2.05, 4.69) is 10.3 Å². The topological polar surface area (TPSA) is 143 Å². The first-order valence-electron chi connectivity index (χ1n) is 9.21. The van der Waals surface area contributed by atoms with Crippen LogP contribution in [0.4, 0.5) is 4.79 Å². The van der Waals surface area contributed by atoms with Crippen LogP contribution >= 0.6 is 11.6 Å². The predicted octanol–water partition coefficient (Wildman–Crippen LogP) is 1.90. The van der Waals surface area contributed by atoms with Crippen LogP contribution in [0.3, 0.4) is 0 Å². The summed E-state index contributed by atoms with van der Waals surface area (Å²) < 4.78 is 4.98. The number of aromatic amines is 1. The Kier molecular flexibility index (Phi) is 6.88. The number of nitrogens with two attached hydrogens (primary N) is 1. The van der Waals surface area contributed by atoms with Crippen LogP contribution in [0.25, 0.3) is 10.9 Å². The van der Waals surface area contributed by atoms with Gasteiger partial charge in [0.1, 0.15) is 6.04 Å².